The van der Waals surface area contributed by atoms with Gasteiger partial charge in [-0.05, 0) is 26.2 Å². The van der Waals surface area contributed by atoms with Gasteiger partial charge in [0.05, 0.1) is 0 Å². The Morgan fingerprint density at radius 2 is 2.08 bits per heavy atom. The van der Waals surface area contributed by atoms with Crippen LogP contribution in [-0.4, -0.2) is 24.1 Å². The normalized spacial score (nSPS) is 10.7. The third-order valence-electron chi connectivity index (χ3n) is 1.57. The summed E-state index contributed by atoms with van der Waals surface area (Å²) in [6, 6.07) is 5.15. The molecule has 2 nitrogen and oxygen atoms in total. The number of halogens is 1. The SMILES string of the molecule is CN(C)Cc1c(O)cccc1Cl. The standard InChI is InChI=1S/C9H12ClNO/c1-11(2)6-7-8(10)4-3-5-9(7)12/h3-5,12H,6H2,1-2H3. The van der Waals surface area contributed by atoms with Crippen LogP contribution in [0, 0.1) is 0 Å². The molecule has 0 saturated carbocycles. The Kier molecular flexibility index (Phi) is 2.95. The fourth-order valence-corrected chi connectivity index (χ4v) is 1.25. The summed E-state index contributed by atoms with van der Waals surface area (Å²) in [5.74, 6) is 0.260. The van der Waals surface area contributed by atoms with Crippen molar-refractivity contribution in [2.75, 3.05) is 14.1 Å². The van der Waals surface area contributed by atoms with E-state index in [0.29, 0.717) is 11.6 Å². The highest BCUT2D eigenvalue weighted by Crippen LogP contribution is 2.25. The van der Waals surface area contributed by atoms with Crippen LogP contribution in [0.1, 0.15) is 5.56 Å². The van der Waals surface area contributed by atoms with Crippen molar-refractivity contribution >= 4 is 11.6 Å². The minimum Gasteiger partial charge on any atom is -0.508 e. The van der Waals surface area contributed by atoms with E-state index in [1.807, 2.05) is 19.0 Å². The fourth-order valence-electron chi connectivity index (χ4n) is 1.02. The third-order valence-corrected chi connectivity index (χ3v) is 1.92. The maximum Gasteiger partial charge on any atom is 0.121 e. The third kappa shape index (κ3) is 2.13. The van der Waals surface area contributed by atoms with E-state index < -0.39 is 0 Å². The molecule has 0 aromatic heterocycles. The summed E-state index contributed by atoms with van der Waals surface area (Å²) >= 11 is 5.89. The number of phenolic OH excluding ortho intramolecular Hbond substituents is 1. The summed E-state index contributed by atoms with van der Waals surface area (Å²) in [4.78, 5) is 1.96. The Morgan fingerprint density at radius 1 is 1.42 bits per heavy atom. The van der Waals surface area contributed by atoms with Gasteiger partial charge in [0.15, 0.2) is 0 Å². The van der Waals surface area contributed by atoms with Crippen molar-refractivity contribution < 1.29 is 5.11 Å². The molecule has 1 rings (SSSR count). The van der Waals surface area contributed by atoms with Crippen LogP contribution in [0.2, 0.25) is 5.02 Å². The molecule has 66 valence electrons. The maximum atomic E-state index is 9.43. The minimum absolute atomic E-state index is 0.260. The quantitative estimate of drug-likeness (QED) is 0.763. The summed E-state index contributed by atoms with van der Waals surface area (Å²) in [7, 11) is 3.87. The van der Waals surface area contributed by atoms with E-state index in [1.54, 1.807) is 18.2 Å². The molecule has 0 aliphatic carbocycles. The molecule has 0 unspecified atom stereocenters. The first-order chi connectivity index (χ1) is 5.61. The Bertz CT molecular complexity index is 253. The Balaban J connectivity index is 2.96. The largest absolute Gasteiger partial charge is 0.508 e. The van der Waals surface area contributed by atoms with Crippen molar-refractivity contribution in [3.05, 3.63) is 28.8 Å². The minimum atomic E-state index is 0.260. The number of hydrogen-bond donors (Lipinski definition) is 1. The number of aromatic hydroxyl groups is 1. The van der Waals surface area contributed by atoms with Gasteiger partial charge in [0.25, 0.3) is 0 Å². The van der Waals surface area contributed by atoms with Crippen molar-refractivity contribution in [1.82, 2.24) is 4.90 Å². The molecule has 1 aromatic carbocycles. The monoisotopic (exact) mass is 185 g/mol. The summed E-state index contributed by atoms with van der Waals surface area (Å²) in [5, 5.41) is 10.0. The lowest BCUT2D eigenvalue weighted by molar-refractivity contribution is 0.386. The van der Waals surface area contributed by atoms with Gasteiger partial charge >= 0.3 is 0 Å². The molecule has 0 spiro atoms. The van der Waals surface area contributed by atoms with Gasteiger partial charge in [-0.2, -0.15) is 0 Å². The number of rotatable bonds is 2. The molecule has 1 aromatic rings. The second-order valence-corrected chi connectivity index (χ2v) is 3.38. The van der Waals surface area contributed by atoms with E-state index in [0.717, 1.165) is 5.56 Å². The first kappa shape index (κ1) is 9.36. The molecule has 12 heavy (non-hydrogen) atoms. The Hall–Kier alpha value is -0.730. The lowest BCUT2D eigenvalue weighted by Gasteiger charge is -2.12. The molecule has 3 heteroatoms. The zero-order chi connectivity index (χ0) is 9.14. The van der Waals surface area contributed by atoms with E-state index in [4.69, 9.17) is 11.6 Å². The number of hydrogen-bond acceptors (Lipinski definition) is 2. The van der Waals surface area contributed by atoms with Gasteiger partial charge in [0.2, 0.25) is 0 Å². The van der Waals surface area contributed by atoms with Crippen LogP contribution in [0.25, 0.3) is 0 Å². The highest BCUT2D eigenvalue weighted by atomic mass is 35.5. The van der Waals surface area contributed by atoms with Crippen molar-refractivity contribution in [2.45, 2.75) is 6.54 Å². The van der Waals surface area contributed by atoms with E-state index in [-0.39, 0.29) is 5.75 Å². The summed E-state index contributed by atoms with van der Waals surface area (Å²) in [6.07, 6.45) is 0. The maximum absolute atomic E-state index is 9.43. The zero-order valence-corrected chi connectivity index (χ0v) is 7.97. The second kappa shape index (κ2) is 3.78. The van der Waals surface area contributed by atoms with Crippen LogP contribution in [0.15, 0.2) is 18.2 Å². The van der Waals surface area contributed by atoms with Crippen LogP contribution in [0.5, 0.6) is 5.75 Å². The molecule has 0 aliphatic heterocycles. The smallest absolute Gasteiger partial charge is 0.121 e. The average Bonchev–Trinajstić information content (AvgIpc) is 1.97. The molecule has 0 radical (unpaired) electrons. The Morgan fingerprint density at radius 3 is 2.58 bits per heavy atom. The van der Waals surface area contributed by atoms with E-state index in [1.165, 1.54) is 0 Å². The van der Waals surface area contributed by atoms with Crippen LogP contribution < -0.4 is 0 Å². The lowest BCUT2D eigenvalue weighted by Crippen LogP contribution is -2.11. The van der Waals surface area contributed by atoms with E-state index in [2.05, 4.69) is 0 Å². The fraction of sp³-hybridized carbons (Fsp3) is 0.333. The summed E-state index contributed by atoms with van der Waals surface area (Å²) in [6.45, 7) is 0.658. The lowest BCUT2D eigenvalue weighted by atomic mass is 10.2. The number of nitrogens with zero attached hydrogens (tertiary/aromatic N) is 1. The molecule has 0 aliphatic rings. The van der Waals surface area contributed by atoms with Crippen molar-refractivity contribution in [1.29, 1.82) is 0 Å². The zero-order valence-electron chi connectivity index (χ0n) is 7.21. The predicted octanol–water partition coefficient (Wildman–Crippen LogP) is 2.11. The van der Waals surface area contributed by atoms with Crippen LogP contribution in [-0.2, 0) is 6.54 Å². The summed E-state index contributed by atoms with van der Waals surface area (Å²) < 4.78 is 0. The molecular weight excluding hydrogens is 174 g/mol. The first-order valence-electron chi connectivity index (χ1n) is 3.72. The molecule has 0 bridgehead atoms. The molecular formula is C9H12ClNO. The van der Waals surface area contributed by atoms with Gasteiger partial charge in [0.1, 0.15) is 5.75 Å². The number of benzene rings is 1. The summed E-state index contributed by atoms with van der Waals surface area (Å²) in [5.41, 5.74) is 0.782. The first-order valence-corrected chi connectivity index (χ1v) is 4.10. The van der Waals surface area contributed by atoms with Crippen molar-refractivity contribution in [3.8, 4) is 5.75 Å². The van der Waals surface area contributed by atoms with Crippen LogP contribution in [0.3, 0.4) is 0 Å². The van der Waals surface area contributed by atoms with Gasteiger partial charge in [-0.1, -0.05) is 17.7 Å². The predicted molar refractivity (Wildman–Crippen MR) is 50.5 cm³/mol. The number of phenols is 1. The molecule has 0 heterocycles. The van der Waals surface area contributed by atoms with Gasteiger partial charge in [0, 0.05) is 17.1 Å². The van der Waals surface area contributed by atoms with Gasteiger partial charge in [-0.25, -0.2) is 0 Å². The molecule has 0 atom stereocenters. The molecule has 1 N–H and O–H groups in total. The molecule has 0 fully saturated rings. The highest BCUT2D eigenvalue weighted by molar-refractivity contribution is 6.31. The van der Waals surface area contributed by atoms with Crippen molar-refractivity contribution in [3.63, 3.8) is 0 Å². The Labute approximate surface area is 77.4 Å². The van der Waals surface area contributed by atoms with Gasteiger partial charge in [-0.3, -0.25) is 0 Å². The average molecular weight is 186 g/mol. The van der Waals surface area contributed by atoms with Gasteiger partial charge < -0.3 is 10.0 Å². The highest BCUT2D eigenvalue weighted by Gasteiger charge is 2.05. The van der Waals surface area contributed by atoms with E-state index in [9.17, 15) is 5.11 Å². The van der Waals surface area contributed by atoms with Gasteiger partial charge in [-0.15, -0.1) is 0 Å². The van der Waals surface area contributed by atoms with Crippen LogP contribution >= 0.6 is 11.6 Å². The van der Waals surface area contributed by atoms with Crippen molar-refractivity contribution in [2.24, 2.45) is 0 Å². The van der Waals surface area contributed by atoms with E-state index >= 15 is 0 Å². The topological polar surface area (TPSA) is 23.5 Å². The van der Waals surface area contributed by atoms with Crippen LogP contribution in [0.4, 0.5) is 0 Å². The molecule has 0 saturated heterocycles. The molecule has 0 amide bonds. The second-order valence-electron chi connectivity index (χ2n) is 2.98.